The summed E-state index contributed by atoms with van der Waals surface area (Å²) >= 11 is 0. The number of nitrogens with one attached hydrogen (secondary N) is 1. The molecular formula is C8H10N6O2. The van der Waals surface area contributed by atoms with Crippen LogP contribution in [0.4, 0.5) is 0 Å². The topological polar surface area (TPSA) is 112 Å². The second-order valence-electron chi connectivity index (χ2n) is 2.90. The van der Waals surface area contributed by atoms with Crippen molar-refractivity contribution in [3.05, 3.63) is 28.8 Å². The van der Waals surface area contributed by atoms with Crippen LogP contribution in [0.3, 0.4) is 0 Å². The van der Waals surface area contributed by atoms with Gasteiger partial charge in [-0.25, -0.2) is 9.97 Å². The molecule has 2 rings (SSSR count). The van der Waals surface area contributed by atoms with Gasteiger partial charge in [-0.15, -0.1) is 5.10 Å². The van der Waals surface area contributed by atoms with Crippen LogP contribution in [0.1, 0.15) is 5.82 Å². The third kappa shape index (κ3) is 1.65. The summed E-state index contributed by atoms with van der Waals surface area (Å²) in [7, 11) is 1.39. The van der Waals surface area contributed by atoms with Crippen LogP contribution in [-0.2, 0) is 6.54 Å². The minimum atomic E-state index is -0.378. The lowest BCUT2D eigenvalue weighted by atomic mass is 10.5. The molecule has 8 nitrogen and oxygen atoms in total. The van der Waals surface area contributed by atoms with E-state index in [0.717, 1.165) is 0 Å². The Balaban J connectivity index is 2.55. The van der Waals surface area contributed by atoms with Crippen LogP contribution in [-0.4, -0.2) is 31.8 Å². The van der Waals surface area contributed by atoms with Crippen LogP contribution in [0.5, 0.6) is 5.75 Å². The molecule has 2 aromatic heterocycles. The SMILES string of the molecule is COc1c(-n2cnc(CN)n2)nc[nH]c1=O. The standard InChI is InChI=1S/C8H10N6O2/c1-16-6-7(10-3-11-8(6)15)14-4-12-5(2-9)13-14/h3-4H,2,9H2,1H3,(H,10,11,15). The minimum Gasteiger partial charge on any atom is -0.488 e. The molecule has 0 aliphatic carbocycles. The van der Waals surface area contributed by atoms with Crippen molar-refractivity contribution < 1.29 is 4.74 Å². The molecule has 0 atom stereocenters. The van der Waals surface area contributed by atoms with E-state index in [1.807, 2.05) is 0 Å². The second-order valence-corrected chi connectivity index (χ2v) is 2.90. The largest absolute Gasteiger partial charge is 0.488 e. The number of nitrogens with zero attached hydrogens (tertiary/aromatic N) is 4. The zero-order valence-electron chi connectivity index (χ0n) is 8.54. The van der Waals surface area contributed by atoms with Crippen molar-refractivity contribution in [2.24, 2.45) is 5.73 Å². The summed E-state index contributed by atoms with van der Waals surface area (Å²) in [6.07, 6.45) is 2.69. The van der Waals surface area contributed by atoms with Crippen molar-refractivity contribution in [3.63, 3.8) is 0 Å². The number of hydrogen-bond acceptors (Lipinski definition) is 6. The van der Waals surface area contributed by atoms with Gasteiger partial charge in [0.05, 0.1) is 20.0 Å². The van der Waals surface area contributed by atoms with E-state index in [1.165, 1.54) is 24.4 Å². The summed E-state index contributed by atoms with van der Waals surface area (Å²) in [5, 5.41) is 4.03. The van der Waals surface area contributed by atoms with Crippen molar-refractivity contribution >= 4 is 0 Å². The van der Waals surface area contributed by atoms with Crippen molar-refractivity contribution in [1.29, 1.82) is 0 Å². The van der Waals surface area contributed by atoms with Gasteiger partial charge in [0.15, 0.2) is 5.82 Å². The van der Waals surface area contributed by atoms with Gasteiger partial charge in [0.1, 0.15) is 6.33 Å². The molecule has 2 aromatic rings. The van der Waals surface area contributed by atoms with Crippen LogP contribution >= 0.6 is 0 Å². The predicted octanol–water partition coefficient (Wildman–Crippen LogP) is -1.18. The van der Waals surface area contributed by atoms with Crippen LogP contribution in [0.25, 0.3) is 5.82 Å². The number of ether oxygens (including phenoxy) is 1. The van der Waals surface area contributed by atoms with Gasteiger partial charge >= 0.3 is 0 Å². The maximum absolute atomic E-state index is 11.4. The number of hydrogen-bond donors (Lipinski definition) is 2. The molecule has 84 valence electrons. The lowest BCUT2D eigenvalue weighted by Crippen LogP contribution is -2.14. The van der Waals surface area contributed by atoms with E-state index >= 15 is 0 Å². The molecule has 0 bridgehead atoms. The van der Waals surface area contributed by atoms with Gasteiger partial charge in [-0.1, -0.05) is 0 Å². The zero-order chi connectivity index (χ0) is 11.5. The molecule has 8 heteroatoms. The van der Waals surface area contributed by atoms with Crippen LogP contribution < -0.4 is 16.0 Å². The van der Waals surface area contributed by atoms with E-state index in [4.69, 9.17) is 10.5 Å². The Hall–Kier alpha value is -2.22. The molecule has 0 amide bonds. The van der Waals surface area contributed by atoms with Gasteiger partial charge < -0.3 is 15.5 Å². The highest BCUT2D eigenvalue weighted by atomic mass is 16.5. The molecule has 0 unspecified atom stereocenters. The van der Waals surface area contributed by atoms with Gasteiger partial charge in [0.25, 0.3) is 5.56 Å². The first-order valence-corrected chi connectivity index (χ1v) is 4.49. The van der Waals surface area contributed by atoms with Crippen molar-refractivity contribution in [2.45, 2.75) is 6.54 Å². The Labute approximate surface area is 90.1 Å². The highest BCUT2D eigenvalue weighted by molar-refractivity contribution is 5.36. The van der Waals surface area contributed by atoms with Crippen LogP contribution in [0.15, 0.2) is 17.4 Å². The van der Waals surface area contributed by atoms with E-state index in [1.54, 1.807) is 0 Å². The van der Waals surface area contributed by atoms with Crippen molar-refractivity contribution in [3.8, 4) is 11.6 Å². The molecule has 0 saturated carbocycles. The van der Waals surface area contributed by atoms with Crippen molar-refractivity contribution in [2.75, 3.05) is 7.11 Å². The smallest absolute Gasteiger partial charge is 0.295 e. The summed E-state index contributed by atoms with van der Waals surface area (Å²) in [6.45, 7) is 0.221. The second kappa shape index (κ2) is 4.11. The number of rotatable bonds is 3. The van der Waals surface area contributed by atoms with Crippen LogP contribution in [0, 0.1) is 0 Å². The first kappa shape index (κ1) is 10.3. The van der Waals surface area contributed by atoms with Gasteiger partial charge in [0, 0.05) is 0 Å². The summed E-state index contributed by atoms with van der Waals surface area (Å²) in [4.78, 5) is 21.7. The molecule has 2 heterocycles. The molecule has 0 aliphatic heterocycles. The highest BCUT2D eigenvalue weighted by Crippen LogP contribution is 2.12. The van der Waals surface area contributed by atoms with E-state index in [0.29, 0.717) is 5.82 Å². The fourth-order valence-electron chi connectivity index (χ4n) is 1.22. The Morgan fingerprint density at radius 1 is 1.56 bits per heavy atom. The highest BCUT2D eigenvalue weighted by Gasteiger charge is 2.12. The number of aromatic amines is 1. The molecule has 3 N–H and O–H groups in total. The Kier molecular flexibility index (Phi) is 2.64. The Morgan fingerprint density at radius 2 is 2.38 bits per heavy atom. The fraction of sp³-hybridized carbons (Fsp3) is 0.250. The van der Waals surface area contributed by atoms with E-state index in [9.17, 15) is 4.79 Å². The van der Waals surface area contributed by atoms with Gasteiger partial charge in [-0.2, -0.15) is 4.68 Å². The van der Waals surface area contributed by atoms with E-state index < -0.39 is 0 Å². The van der Waals surface area contributed by atoms with Crippen LogP contribution in [0.2, 0.25) is 0 Å². The third-order valence-electron chi connectivity index (χ3n) is 1.93. The number of methoxy groups -OCH3 is 1. The first-order valence-electron chi connectivity index (χ1n) is 4.49. The zero-order valence-corrected chi connectivity index (χ0v) is 8.54. The van der Waals surface area contributed by atoms with Crippen molar-refractivity contribution in [1.82, 2.24) is 24.7 Å². The summed E-state index contributed by atoms with van der Waals surface area (Å²) in [5.74, 6) is 0.818. The lowest BCUT2D eigenvalue weighted by Gasteiger charge is -2.04. The molecule has 0 fully saturated rings. The number of aromatic nitrogens is 5. The Bertz CT molecular complexity index is 545. The predicted molar refractivity (Wildman–Crippen MR) is 54.2 cm³/mol. The van der Waals surface area contributed by atoms with E-state index in [-0.39, 0.29) is 23.7 Å². The first-order chi connectivity index (χ1) is 7.76. The quantitative estimate of drug-likeness (QED) is 0.675. The molecule has 0 radical (unpaired) electrons. The molecule has 0 aromatic carbocycles. The number of H-pyrrole nitrogens is 1. The summed E-state index contributed by atoms with van der Waals surface area (Å²) in [6, 6.07) is 0. The molecule has 16 heavy (non-hydrogen) atoms. The summed E-state index contributed by atoms with van der Waals surface area (Å²) < 4.78 is 6.29. The minimum absolute atomic E-state index is 0.0796. The average molecular weight is 222 g/mol. The normalized spacial score (nSPS) is 10.4. The maximum Gasteiger partial charge on any atom is 0.295 e. The molecule has 0 saturated heterocycles. The average Bonchev–Trinajstić information content (AvgIpc) is 2.77. The molecule has 0 spiro atoms. The third-order valence-corrected chi connectivity index (χ3v) is 1.93. The van der Waals surface area contributed by atoms with E-state index in [2.05, 4.69) is 20.1 Å². The lowest BCUT2D eigenvalue weighted by molar-refractivity contribution is 0.402. The monoisotopic (exact) mass is 222 g/mol. The molecular weight excluding hydrogens is 212 g/mol. The Morgan fingerprint density at radius 3 is 3.00 bits per heavy atom. The summed E-state index contributed by atoms with van der Waals surface area (Å²) in [5.41, 5.74) is 5.01. The fourth-order valence-corrected chi connectivity index (χ4v) is 1.22. The number of nitrogens with two attached hydrogens (primary N) is 1. The van der Waals surface area contributed by atoms with Gasteiger partial charge in [0.2, 0.25) is 11.6 Å². The van der Waals surface area contributed by atoms with Gasteiger partial charge in [-0.3, -0.25) is 4.79 Å². The molecule has 0 aliphatic rings. The maximum atomic E-state index is 11.4. The van der Waals surface area contributed by atoms with Gasteiger partial charge in [-0.05, 0) is 0 Å².